The molecule has 2 bridgehead atoms. The van der Waals surface area contributed by atoms with E-state index in [1.165, 1.54) is 12.8 Å². The first-order valence-electron chi connectivity index (χ1n) is 13.6. The maximum Gasteiger partial charge on any atom is 0.246 e. The summed E-state index contributed by atoms with van der Waals surface area (Å²) in [6, 6.07) is 8.76. The van der Waals surface area contributed by atoms with Crippen molar-refractivity contribution in [2.75, 3.05) is 20.1 Å². The van der Waals surface area contributed by atoms with Crippen molar-refractivity contribution in [3.8, 4) is 11.5 Å². The second-order valence-corrected chi connectivity index (χ2v) is 12.7. The van der Waals surface area contributed by atoms with Crippen LogP contribution in [0, 0.1) is 5.92 Å². The number of aliphatic hydroxyl groups is 1. The summed E-state index contributed by atoms with van der Waals surface area (Å²) >= 11 is 12.2. The van der Waals surface area contributed by atoms with E-state index in [0.29, 0.717) is 28.6 Å². The first-order valence-corrected chi connectivity index (χ1v) is 14.4. The molecule has 0 unspecified atom stereocenters. The Morgan fingerprint density at radius 1 is 1.18 bits per heavy atom. The zero-order valence-electron chi connectivity index (χ0n) is 21.4. The van der Waals surface area contributed by atoms with Crippen LogP contribution >= 0.6 is 23.2 Å². The average molecular weight is 556 g/mol. The zero-order chi connectivity index (χ0) is 26.4. The van der Waals surface area contributed by atoms with Gasteiger partial charge in [-0.25, -0.2) is 0 Å². The molecule has 1 saturated heterocycles. The zero-order valence-corrected chi connectivity index (χ0v) is 22.9. The van der Waals surface area contributed by atoms with Gasteiger partial charge in [0.2, 0.25) is 5.91 Å². The third kappa shape index (κ3) is 3.43. The summed E-state index contributed by atoms with van der Waals surface area (Å²) in [7, 11) is 1.81. The molecule has 6 nitrogen and oxygen atoms in total. The summed E-state index contributed by atoms with van der Waals surface area (Å²) in [6.45, 7) is 1.93. The van der Waals surface area contributed by atoms with E-state index in [2.05, 4.69) is 4.90 Å². The van der Waals surface area contributed by atoms with Crippen molar-refractivity contribution in [3.63, 3.8) is 0 Å². The smallest absolute Gasteiger partial charge is 0.246 e. The van der Waals surface area contributed by atoms with Gasteiger partial charge in [0, 0.05) is 31.3 Å². The Bertz CT molecular complexity index is 1360. The van der Waals surface area contributed by atoms with Gasteiger partial charge in [0.15, 0.2) is 11.5 Å². The summed E-state index contributed by atoms with van der Waals surface area (Å²) in [5.74, 6) is 1.20. The van der Waals surface area contributed by atoms with E-state index in [4.69, 9.17) is 27.9 Å². The summed E-state index contributed by atoms with van der Waals surface area (Å²) in [6.07, 6.45) is 8.13. The van der Waals surface area contributed by atoms with Crippen LogP contribution in [0.25, 0.3) is 6.08 Å². The topological polar surface area (TPSA) is 73.2 Å². The molecular weight excluding hydrogens is 523 g/mol. The molecule has 2 saturated carbocycles. The monoisotopic (exact) mass is 554 g/mol. The molecule has 1 amide bonds. The molecule has 5 aliphatic rings. The molecule has 7 rings (SSSR count). The van der Waals surface area contributed by atoms with E-state index >= 15 is 0 Å². The number of hydrogen-bond acceptors (Lipinski definition) is 5. The van der Waals surface area contributed by atoms with Crippen LogP contribution in [-0.2, 0) is 16.6 Å². The first kappa shape index (κ1) is 24.8. The molecule has 200 valence electrons. The van der Waals surface area contributed by atoms with Crippen molar-refractivity contribution in [1.29, 1.82) is 0 Å². The van der Waals surface area contributed by atoms with Gasteiger partial charge in [-0.05, 0) is 86.4 Å². The number of ether oxygens (including phenoxy) is 1. The SMILES string of the molecule is CN(C(=O)/C=C/c1ccc(Cl)c(Cl)c1)[C@H]1CC[C@@]2(O)[C@H]3Cc4ccc(O)c5c4[C@@]2(CCN3CC2CC2)[C@H]1O5. The molecule has 1 spiro atoms. The molecule has 3 aliphatic carbocycles. The Hall–Kier alpha value is -2.25. The van der Waals surface area contributed by atoms with E-state index in [1.807, 2.05) is 19.2 Å². The number of phenols is 1. The molecule has 2 aromatic rings. The maximum absolute atomic E-state index is 13.4. The van der Waals surface area contributed by atoms with E-state index in [9.17, 15) is 15.0 Å². The van der Waals surface area contributed by atoms with Gasteiger partial charge < -0.3 is 19.8 Å². The van der Waals surface area contributed by atoms with Gasteiger partial charge >= 0.3 is 0 Å². The molecule has 2 N–H and O–H groups in total. The second kappa shape index (κ2) is 8.62. The van der Waals surface area contributed by atoms with Gasteiger partial charge in [0.05, 0.1) is 27.1 Å². The molecule has 0 aromatic heterocycles. The number of halogens is 2. The van der Waals surface area contributed by atoms with Crippen LogP contribution in [0.5, 0.6) is 11.5 Å². The normalized spacial score (nSPS) is 33.2. The Labute approximate surface area is 232 Å². The van der Waals surface area contributed by atoms with E-state index in [0.717, 1.165) is 48.5 Å². The van der Waals surface area contributed by atoms with Crippen molar-refractivity contribution < 1.29 is 19.7 Å². The molecule has 38 heavy (non-hydrogen) atoms. The van der Waals surface area contributed by atoms with Gasteiger partial charge in [-0.3, -0.25) is 9.69 Å². The Balaban J connectivity index is 1.23. The third-order valence-corrected chi connectivity index (χ3v) is 10.7. The van der Waals surface area contributed by atoms with E-state index in [1.54, 1.807) is 35.3 Å². The van der Waals surface area contributed by atoms with Crippen molar-refractivity contribution in [1.82, 2.24) is 9.80 Å². The van der Waals surface area contributed by atoms with E-state index < -0.39 is 17.1 Å². The number of carbonyl (C=O) groups excluding carboxylic acids is 1. The number of nitrogens with zero attached hydrogens (tertiary/aromatic N) is 2. The van der Waals surface area contributed by atoms with Gasteiger partial charge in [-0.15, -0.1) is 0 Å². The Morgan fingerprint density at radius 2 is 2.00 bits per heavy atom. The number of likely N-dealkylation sites (tertiary alicyclic amines) is 1. The Kier molecular flexibility index (Phi) is 5.62. The number of hydrogen-bond donors (Lipinski definition) is 2. The fourth-order valence-corrected chi connectivity index (χ4v) is 8.22. The second-order valence-electron chi connectivity index (χ2n) is 11.9. The maximum atomic E-state index is 13.4. The van der Waals surface area contributed by atoms with Crippen LogP contribution in [0.1, 0.15) is 48.8 Å². The fraction of sp³-hybridized carbons (Fsp3) is 0.500. The average Bonchev–Trinajstić information content (AvgIpc) is 3.64. The molecule has 8 heteroatoms. The largest absolute Gasteiger partial charge is 0.504 e. The quantitative estimate of drug-likeness (QED) is 0.519. The molecule has 2 heterocycles. The highest BCUT2D eigenvalue weighted by Gasteiger charge is 2.73. The lowest BCUT2D eigenvalue weighted by atomic mass is 9.48. The minimum Gasteiger partial charge on any atom is -0.504 e. The minimum atomic E-state index is -0.965. The third-order valence-electron chi connectivity index (χ3n) is 9.94. The van der Waals surface area contributed by atoms with Gasteiger partial charge in [-0.2, -0.15) is 0 Å². The van der Waals surface area contributed by atoms with Crippen molar-refractivity contribution in [2.24, 2.45) is 5.92 Å². The number of carbonyl (C=O) groups is 1. The fourth-order valence-electron chi connectivity index (χ4n) is 7.92. The summed E-state index contributed by atoms with van der Waals surface area (Å²) in [5.41, 5.74) is 1.31. The van der Waals surface area contributed by atoms with Crippen LogP contribution in [0.3, 0.4) is 0 Å². The lowest BCUT2D eigenvalue weighted by Gasteiger charge is -2.64. The summed E-state index contributed by atoms with van der Waals surface area (Å²) in [5, 5.41) is 24.3. The highest BCUT2D eigenvalue weighted by Crippen LogP contribution is 2.66. The molecular formula is C30H32Cl2N2O4. The predicted octanol–water partition coefficient (Wildman–Crippen LogP) is 4.80. The number of aromatic hydroxyl groups is 1. The van der Waals surface area contributed by atoms with Crippen LogP contribution in [0.4, 0.5) is 0 Å². The number of amides is 1. The molecule has 2 aromatic carbocycles. The molecule has 5 atom stereocenters. The van der Waals surface area contributed by atoms with Crippen LogP contribution in [-0.4, -0.2) is 69.8 Å². The van der Waals surface area contributed by atoms with Crippen molar-refractivity contribution in [3.05, 3.63) is 63.1 Å². The van der Waals surface area contributed by atoms with Gasteiger partial charge in [0.25, 0.3) is 0 Å². The lowest BCUT2D eigenvalue weighted by molar-refractivity contribution is -0.200. The molecule has 0 radical (unpaired) electrons. The summed E-state index contributed by atoms with van der Waals surface area (Å²) < 4.78 is 6.60. The van der Waals surface area contributed by atoms with Crippen LogP contribution < -0.4 is 4.74 Å². The minimum absolute atomic E-state index is 0.0162. The molecule has 2 aliphatic heterocycles. The number of piperidine rings is 1. The first-order chi connectivity index (χ1) is 18.2. The van der Waals surface area contributed by atoms with Crippen molar-refractivity contribution in [2.45, 2.75) is 67.7 Å². The van der Waals surface area contributed by atoms with Crippen LogP contribution in [0.2, 0.25) is 10.0 Å². The number of benzene rings is 2. The van der Waals surface area contributed by atoms with Crippen LogP contribution in [0.15, 0.2) is 36.4 Å². The van der Waals surface area contributed by atoms with Gasteiger partial charge in [0.1, 0.15) is 6.10 Å². The van der Waals surface area contributed by atoms with E-state index in [-0.39, 0.29) is 23.7 Å². The number of rotatable bonds is 5. The molecule has 3 fully saturated rings. The highest BCUT2D eigenvalue weighted by molar-refractivity contribution is 6.42. The number of phenolic OH excluding ortho intramolecular Hbond substituents is 1. The predicted molar refractivity (Wildman–Crippen MR) is 147 cm³/mol. The van der Waals surface area contributed by atoms with Crippen molar-refractivity contribution >= 4 is 35.2 Å². The van der Waals surface area contributed by atoms with Gasteiger partial charge in [-0.1, -0.05) is 35.3 Å². The lowest BCUT2D eigenvalue weighted by Crippen LogP contribution is -2.78. The highest BCUT2D eigenvalue weighted by atomic mass is 35.5. The summed E-state index contributed by atoms with van der Waals surface area (Å²) in [4.78, 5) is 17.7. The number of likely N-dealkylation sites (N-methyl/N-ethyl adjacent to an activating group) is 1. The Morgan fingerprint density at radius 3 is 2.76 bits per heavy atom. The standard InChI is InChI=1S/C30H32Cl2N2O4/c1-33(25(36)9-5-17-4-7-20(31)21(32)14-17)22-10-11-30(37)24-15-19-6-8-23(35)27-26(19)29(30,28(22)38-27)12-13-34(24)16-18-2-3-18/h4-9,14,18,22,24,28,35,37H,2-3,10-13,15-16H2,1H3/b9-5+/t22-,24+,28-,29-,30+/m0/s1.